The van der Waals surface area contributed by atoms with Crippen molar-refractivity contribution in [3.63, 3.8) is 0 Å². The second kappa shape index (κ2) is 4.56. The van der Waals surface area contributed by atoms with Crippen molar-refractivity contribution in [3.05, 3.63) is 30.0 Å². The molecule has 7 nitrogen and oxygen atoms in total. The van der Waals surface area contributed by atoms with Crippen LogP contribution < -0.4 is 0 Å². The maximum Gasteiger partial charge on any atom is 0.378 e. The summed E-state index contributed by atoms with van der Waals surface area (Å²) in [6.45, 7) is 2.30. The van der Waals surface area contributed by atoms with E-state index in [9.17, 15) is 4.79 Å². The first-order valence-corrected chi connectivity index (χ1v) is 4.77. The zero-order chi connectivity index (χ0) is 11.4. The van der Waals surface area contributed by atoms with Gasteiger partial charge in [-0.25, -0.2) is 9.48 Å². The van der Waals surface area contributed by atoms with Crippen LogP contribution in [0.1, 0.15) is 23.3 Å². The molecule has 0 unspecified atom stereocenters. The molecule has 2 heterocycles. The number of hydrogen-bond acceptors (Lipinski definition) is 6. The molecule has 2 aromatic rings. The molecule has 84 valence electrons. The van der Waals surface area contributed by atoms with E-state index < -0.39 is 5.97 Å². The Bertz CT molecular complexity index is 463. The van der Waals surface area contributed by atoms with Gasteiger partial charge in [0.1, 0.15) is 12.3 Å². The number of rotatable bonds is 4. The van der Waals surface area contributed by atoms with Crippen molar-refractivity contribution >= 4 is 5.97 Å². The van der Waals surface area contributed by atoms with Gasteiger partial charge in [-0.2, -0.15) is 0 Å². The van der Waals surface area contributed by atoms with Crippen LogP contribution in [0, 0.1) is 0 Å². The highest BCUT2D eigenvalue weighted by molar-refractivity contribution is 5.85. The Hall–Kier alpha value is -2.18. The second-order valence-corrected chi connectivity index (χ2v) is 2.96. The van der Waals surface area contributed by atoms with E-state index in [4.69, 9.17) is 9.15 Å². The fourth-order valence-electron chi connectivity index (χ4n) is 1.20. The molecule has 2 rings (SSSR count). The van der Waals surface area contributed by atoms with Crippen LogP contribution in [0.15, 0.2) is 22.8 Å². The number of tetrazole rings is 1. The first kappa shape index (κ1) is 10.3. The minimum Gasteiger partial charge on any atom is -0.467 e. The first-order valence-electron chi connectivity index (χ1n) is 4.77. The third kappa shape index (κ3) is 2.08. The van der Waals surface area contributed by atoms with Gasteiger partial charge in [0.25, 0.3) is 5.82 Å². The van der Waals surface area contributed by atoms with Crippen LogP contribution in [-0.4, -0.2) is 32.8 Å². The molecule has 0 amide bonds. The first-order chi connectivity index (χ1) is 7.81. The van der Waals surface area contributed by atoms with Crippen molar-refractivity contribution < 1.29 is 13.9 Å². The topological polar surface area (TPSA) is 83.0 Å². The maximum absolute atomic E-state index is 11.4. The summed E-state index contributed by atoms with van der Waals surface area (Å²) < 4.78 is 11.3. The maximum atomic E-state index is 11.4. The van der Waals surface area contributed by atoms with Gasteiger partial charge in [0.05, 0.1) is 12.9 Å². The van der Waals surface area contributed by atoms with Gasteiger partial charge in [-0.15, -0.1) is 5.10 Å². The number of furan rings is 1. The van der Waals surface area contributed by atoms with Gasteiger partial charge in [0.15, 0.2) is 0 Å². The van der Waals surface area contributed by atoms with Crippen LogP contribution in [0.25, 0.3) is 0 Å². The Balaban J connectivity index is 2.16. The molecule has 7 heteroatoms. The van der Waals surface area contributed by atoms with Crippen molar-refractivity contribution in [2.75, 3.05) is 6.61 Å². The quantitative estimate of drug-likeness (QED) is 0.700. The van der Waals surface area contributed by atoms with E-state index in [0.29, 0.717) is 12.3 Å². The van der Waals surface area contributed by atoms with Gasteiger partial charge >= 0.3 is 5.97 Å². The highest BCUT2D eigenvalue weighted by atomic mass is 16.5. The van der Waals surface area contributed by atoms with E-state index in [-0.39, 0.29) is 12.4 Å². The summed E-state index contributed by atoms with van der Waals surface area (Å²) >= 11 is 0. The fraction of sp³-hybridized carbons (Fsp3) is 0.333. The van der Waals surface area contributed by atoms with Crippen LogP contribution in [0.5, 0.6) is 0 Å². The van der Waals surface area contributed by atoms with E-state index in [2.05, 4.69) is 15.5 Å². The summed E-state index contributed by atoms with van der Waals surface area (Å²) in [6, 6.07) is 3.53. The largest absolute Gasteiger partial charge is 0.467 e. The van der Waals surface area contributed by atoms with E-state index in [0.717, 1.165) is 0 Å². The molecule has 0 radical (unpaired) electrons. The summed E-state index contributed by atoms with van der Waals surface area (Å²) in [4.78, 5) is 11.4. The third-order valence-electron chi connectivity index (χ3n) is 1.88. The molecule has 16 heavy (non-hydrogen) atoms. The Morgan fingerprint density at radius 3 is 3.19 bits per heavy atom. The molecule has 0 fully saturated rings. The van der Waals surface area contributed by atoms with Gasteiger partial charge < -0.3 is 9.15 Å². The second-order valence-electron chi connectivity index (χ2n) is 2.96. The number of carbonyl (C=O) groups excluding carboxylic acids is 1. The highest BCUT2D eigenvalue weighted by Crippen LogP contribution is 2.04. The van der Waals surface area contributed by atoms with Crippen molar-refractivity contribution in [2.24, 2.45) is 0 Å². The number of hydrogen-bond donors (Lipinski definition) is 0. The molecule has 0 aliphatic rings. The minimum atomic E-state index is -0.543. The average molecular weight is 222 g/mol. The lowest BCUT2D eigenvalue weighted by molar-refractivity contribution is 0.0504. The van der Waals surface area contributed by atoms with Crippen LogP contribution in [0.2, 0.25) is 0 Å². The molecule has 0 saturated carbocycles. The van der Waals surface area contributed by atoms with E-state index in [1.807, 2.05) is 0 Å². The zero-order valence-electron chi connectivity index (χ0n) is 8.66. The smallest absolute Gasteiger partial charge is 0.378 e. The van der Waals surface area contributed by atoms with Gasteiger partial charge in [-0.1, -0.05) is 0 Å². The van der Waals surface area contributed by atoms with Crippen LogP contribution >= 0.6 is 0 Å². The number of carbonyl (C=O) groups is 1. The predicted molar refractivity (Wildman–Crippen MR) is 51.6 cm³/mol. The van der Waals surface area contributed by atoms with Crippen LogP contribution in [0.4, 0.5) is 0 Å². The Morgan fingerprint density at radius 2 is 2.50 bits per heavy atom. The number of ether oxygens (including phenoxy) is 1. The van der Waals surface area contributed by atoms with Crippen molar-refractivity contribution in [2.45, 2.75) is 13.5 Å². The summed E-state index contributed by atoms with van der Waals surface area (Å²) in [5.74, 6) is 0.190. The van der Waals surface area contributed by atoms with E-state index in [1.54, 1.807) is 25.3 Å². The Kier molecular flexibility index (Phi) is 2.95. The lowest BCUT2D eigenvalue weighted by Crippen LogP contribution is -2.14. The molecule has 0 atom stereocenters. The molecule has 0 aliphatic carbocycles. The molecule has 0 saturated heterocycles. The van der Waals surface area contributed by atoms with Crippen LogP contribution in [-0.2, 0) is 11.3 Å². The minimum absolute atomic E-state index is 0.0678. The lowest BCUT2D eigenvalue weighted by atomic mass is 10.4. The van der Waals surface area contributed by atoms with Crippen molar-refractivity contribution in [1.82, 2.24) is 20.2 Å². The Morgan fingerprint density at radius 1 is 1.62 bits per heavy atom. The van der Waals surface area contributed by atoms with Crippen molar-refractivity contribution in [1.29, 1.82) is 0 Å². The molecule has 2 aromatic heterocycles. The van der Waals surface area contributed by atoms with Gasteiger partial charge in [0, 0.05) is 0 Å². The summed E-state index contributed by atoms with van der Waals surface area (Å²) in [7, 11) is 0. The van der Waals surface area contributed by atoms with E-state index >= 15 is 0 Å². The summed E-state index contributed by atoms with van der Waals surface area (Å²) in [5.41, 5.74) is 0. The normalized spacial score (nSPS) is 10.3. The third-order valence-corrected chi connectivity index (χ3v) is 1.88. The molecule has 0 aliphatic heterocycles. The SMILES string of the molecule is CCOC(=O)c1nnnn1Cc1ccco1. The van der Waals surface area contributed by atoms with Gasteiger partial charge in [-0.05, 0) is 29.5 Å². The average Bonchev–Trinajstić information content (AvgIpc) is 2.90. The number of esters is 1. The van der Waals surface area contributed by atoms with E-state index in [1.165, 1.54) is 4.68 Å². The van der Waals surface area contributed by atoms with Crippen molar-refractivity contribution in [3.8, 4) is 0 Å². The molecule has 0 spiro atoms. The standard InChI is InChI=1S/C9H10N4O3/c1-2-15-9(14)8-10-11-12-13(8)6-7-4-3-5-16-7/h3-5H,2,6H2,1H3. The lowest BCUT2D eigenvalue weighted by Gasteiger charge is -2.01. The molecule has 0 aromatic carbocycles. The predicted octanol–water partition coefficient (Wildman–Crippen LogP) is 0.491. The van der Waals surface area contributed by atoms with Crippen LogP contribution in [0.3, 0.4) is 0 Å². The monoisotopic (exact) mass is 222 g/mol. The number of nitrogens with zero attached hydrogens (tertiary/aromatic N) is 4. The molecular formula is C9H10N4O3. The summed E-state index contributed by atoms with van der Waals surface area (Å²) in [5, 5.41) is 10.7. The Labute approximate surface area is 91.0 Å². The molecule has 0 N–H and O–H groups in total. The fourth-order valence-corrected chi connectivity index (χ4v) is 1.20. The summed E-state index contributed by atoms with van der Waals surface area (Å²) in [6.07, 6.45) is 1.55. The molecular weight excluding hydrogens is 212 g/mol. The zero-order valence-corrected chi connectivity index (χ0v) is 8.66. The number of aromatic nitrogens is 4. The van der Waals surface area contributed by atoms with Gasteiger partial charge in [-0.3, -0.25) is 0 Å². The molecule has 0 bridgehead atoms. The van der Waals surface area contributed by atoms with Gasteiger partial charge in [0.2, 0.25) is 0 Å². The highest BCUT2D eigenvalue weighted by Gasteiger charge is 2.17.